The summed E-state index contributed by atoms with van der Waals surface area (Å²) >= 11 is 0. The number of hydrazone groups is 1. The van der Waals surface area contributed by atoms with Crippen molar-refractivity contribution in [2.75, 3.05) is 0 Å². The SMILES string of the molecule is C=C1c2c(F)cc(C(C)(C)C)cc2C=NN1Cc1ccc(-c2cc[nH]c(=O)c2)cc1CO. The van der Waals surface area contributed by atoms with E-state index in [2.05, 4.69) is 16.7 Å². The Kier molecular flexibility index (Phi) is 5.57. The Morgan fingerprint density at radius 1 is 1.09 bits per heavy atom. The van der Waals surface area contributed by atoms with Crippen LogP contribution in [0.3, 0.4) is 0 Å². The highest BCUT2D eigenvalue weighted by Crippen LogP contribution is 2.34. The Bertz CT molecular complexity index is 1280. The average molecular weight is 432 g/mol. The lowest BCUT2D eigenvalue weighted by Crippen LogP contribution is -2.23. The number of benzene rings is 2. The second-order valence-corrected chi connectivity index (χ2v) is 9.00. The van der Waals surface area contributed by atoms with E-state index in [4.69, 9.17) is 0 Å². The summed E-state index contributed by atoms with van der Waals surface area (Å²) in [5, 5.41) is 16.1. The number of nitrogens with one attached hydrogen (secondary N) is 1. The van der Waals surface area contributed by atoms with Crippen molar-refractivity contribution in [1.29, 1.82) is 0 Å². The van der Waals surface area contributed by atoms with Crippen molar-refractivity contribution in [3.63, 3.8) is 0 Å². The molecule has 1 aliphatic heterocycles. The standard InChI is InChI=1S/C26H26FN3O2/c1-16-25-20(10-22(12-23(25)27)26(2,3)4)13-29-30(16)14-19-6-5-17(9-21(19)15-31)18-7-8-28-24(32)11-18/h5-13,31H,1,14-15H2,2-4H3,(H,28,32). The summed E-state index contributed by atoms with van der Waals surface area (Å²) < 4.78 is 15.0. The number of aliphatic hydroxyl groups is 1. The Labute approximate surface area is 186 Å². The molecule has 0 fully saturated rings. The highest BCUT2D eigenvalue weighted by Gasteiger charge is 2.25. The number of pyridine rings is 1. The van der Waals surface area contributed by atoms with E-state index in [1.165, 1.54) is 6.07 Å². The number of aromatic amines is 1. The Balaban J connectivity index is 1.64. The molecule has 0 saturated heterocycles. The van der Waals surface area contributed by atoms with Gasteiger partial charge in [-0.3, -0.25) is 9.80 Å². The normalized spacial score (nSPS) is 13.4. The predicted octanol–water partition coefficient (Wildman–Crippen LogP) is 4.79. The van der Waals surface area contributed by atoms with Crippen LogP contribution >= 0.6 is 0 Å². The van der Waals surface area contributed by atoms with Gasteiger partial charge < -0.3 is 10.1 Å². The van der Waals surface area contributed by atoms with Gasteiger partial charge in [-0.15, -0.1) is 0 Å². The molecule has 1 aromatic heterocycles. The molecule has 0 radical (unpaired) electrons. The summed E-state index contributed by atoms with van der Waals surface area (Å²) in [6.07, 6.45) is 3.25. The molecule has 5 nitrogen and oxygen atoms in total. The molecule has 0 atom stereocenters. The van der Waals surface area contributed by atoms with Crippen molar-refractivity contribution in [2.24, 2.45) is 5.10 Å². The van der Waals surface area contributed by atoms with Gasteiger partial charge in [-0.1, -0.05) is 39.5 Å². The van der Waals surface area contributed by atoms with E-state index in [0.29, 0.717) is 28.9 Å². The predicted molar refractivity (Wildman–Crippen MR) is 126 cm³/mol. The van der Waals surface area contributed by atoms with Crippen LogP contribution in [0.15, 0.2) is 65.1 Å². The first-order valence-electron chi connectivity index (χ1n) is 10.4. The Morgan fingerprint density at radius 3 is 2.53 bits per heavy atom. The molecular weight excluding hydrogens is 405 g/mol. The largest absolute Gasteiger partial charge is 0.392 e. The van der Waals surface area contributed by atoms with Crippen molar-refractivity contribution in [3.8, 4) is 11.1 Å². The maximum atomic E-state index is 15.0. The Morgan fingerprint density at radius 2 is 1.84 bits per heavy atom. The minimum absolute atomic E-state index is 0.170. The highest BCUT2D eigenvalue weighted by molar-refractivity contribution is 5.91. The summed E-state index contributed by atoms with van der Waals surface area (Å²) in [6, 6.07) is 12.5. The van der Waals surface area contributed by atoms with Gasteiger partial charge in [0.05, 0.1) is 25.1 Å². The maximum absolute atomic E-state index is 15.0. The van der Waals surface area contributed by atoms with Gasteiger partial charge in [0.1, 0.15) is 5.82 Å². The van der Waals surface area contributed by atoms with Crippen molar-refractivity contribution in [1.82, 2.24) is 9.99 Å². The van der Waals surface area contributed by atoms with E-state index in [-0.39, 0.29) is 23.4 Å². The van der Waals surface area contributed by atoms with E-state index in [1.807, 2.05) is 45.0 Å². The number of nitrogens with zero attached hydrogens (tertiary/aromatic N) is 2. The van der Waals surface area contributed by atoms with Crippen molar-refractivity contribution in [3.05, 3.63) is 99.2 Å². The smallest absolute Gasteiger partial charge is 0.248 e. The second kappa shape index (κ2) is 8.20. The number of hydrogen-bond acceptors (Lipinski definition) is 4. The molecule has 164 valence electrons. The zero-order valence-electron chi connectivity index (χ0n) is 18.4. The van der Waals surface area contributed by atoms with Crippen molar-refractivity contribution in [2.45, 2.75) is 39.3 Å². The van der Waals surface area contributed by atoms with E-state index < -0.39 is 0 Å². The molecule has 2 aromatic carbocycles. The number of H-pyrrole nitrogens is 1. The number of aliphatic hydroxyl groups excluding tert-OH is 1. The van der Waals surface area contributed by atoms with Gasteiger partial charge in [0.15, 0.2) is 0 Å². The highest BCUT2D eigenvalue weighted by atomic mass is 19.1. The summed E-state index contributed by atoms with van der Waals surface area (Å²) in [7, 11) is 0. The number of aromatic nitrogens is 1. The third kappa shape index (κ3) is 4.14. The molecule has 0 saturated carbocycles. The molecule has 32 heavy (non-hydrogen) atoms. The van der Waals surface area contributed by atoms with Gasteiger partial charge >= 0.3 is 0 Å². The zero-order valence-corrected chi connectivity index (χ0v) is 18.4. The maximum Gasteiger partial charge on any atom is 0.248 e. The monoisotopic (exact) mass is 431 g/mol. The van der Waals surface area contributed by atoms with Crippen LogP contribution < -0.4 is 5.56 Å². The summed E-state index contributed by atoms with van der Waals surface area (Å²) in [5.41, 5.74) is 5.31. The summed E-state index contributed by atoms with van der Waals surface area (Å²) in [6.45, 7) is 10.4. The Hall–Kier alpha value is -3.51. The fourth-order valence-corrected chi connectivity index (χ4v) is 3.83. The first-order valence-corrected chi connectivity index (χ1v) is 10.4. The van der Waals surface area contributed by atoms with Gasteiger partial charge in [0.2, 0.25) is 5.56 Å². The molecule has 0 aliphatic carbocycles. The lowest BCUT2D eigenvalue weighted by molar-refractivity contribution is 0.278. The molecule has 6 heteroatoms. The molecular formula is C26H26FN3O2. The molecule has 0 bridgehead atoms. The van der Waals surface area contributed by atoms with Crippen LogP contribution in [0.5, 0.6) is 0 Å². The van der Waals surface area contributed by atoms with Crippen LogP contribution in [0.25, 0.3) is 16.8 Å². The van der Waals surface area contributed by atoms with Gasteiger partial charge in [0.25, 0.3) is 0 Å². The van der Waals surface area contributed by atoms with Crippen LogP contribution in [0, 0.1) is 5.82 Å². The van der Waals surface area contributed by atoms with Gasteiger partial charge in [0, 0.05) is 23.4 Å². The van der Waals surface area contributed by atoms with Crippen LogP contribution in [-0.4, -0.2) is 21.3 Å². The molecule has 2 N–H and O–H groups in total. The molecule has 0 spiro atoms. The van der Waals surface area contributed by atoms with E-state index in [1.54, 1.807) is 29.6 Å². The van der Waals surface area contributed by atoms with Gasteiger partial charge in [-0.2, -0.15) is 5.10 Å². The molecule has 3 aromatic rings. The first-order chi connectivity index (χ1) is 15.2. The van der Waals surface area contributed by atoms with Crippen molar-refractivity contribution >= 4 is 11.9 Å². The fraction of sp³-hybridized carbons (Fsp3) is 0.231. The molecule has 0 unspecified atom stereocenters. The minimum atomic E-state index is -0.319. The van der Waals surface area contributed by atoms with Crippen LogP contribution in [-0.2, 0) is 18.6 Å². The number of halogens is 1. The van der Waals surface area contributed by atoms with Gasteiger partial charge in [-0.05, 0) is 57.5 Å². The lowest BCUT2D eigenvalue weighted by atomic mass is 9.84. The molecule has 0 amide bonds. The average Bonchev–Trinajstić information content (AvgIpc) is 2.75. The van der Waals surface area contributed by atoms with E-state index in [9.17, 15) is 9.90 Å². The summed E-state index contributed by atoms with van der Waals surface area (Å²) in [4.78, 5) is 14.2. The molecule has 1 aliphatic rings. The lowest BCUT2D eigenvalue weighted by Gasteiger charge is -2.29. The zero-order chi connectivity index (χ0) is 23.0. The third-order valence-electron chi connectivity index (χ3n) is 5.73. The van der Waals surface area contributed by atoms with Gasteiger partial charge in [-0.25, -0.2) is 4.39 Å². The van der Waals surface area contributed by atoms with Crippen molar-refractivity contribution < 1.29 is 9.50 Å². The minimum Gasteiger partial charge on any atom is -0.392 e. The van der Waals surface area contributed by atoms with E-state index >= 15 is 4.39 Å². The first kappa shape index (κ1) is 21.7. The number of fused-ring (bicyclic) bond motifs is 1. The number of hydrogen-bond donors (Lipinski definition) is 2. The van der Waals surface area contributed by atoms with Crippen LogP contribution in [0.4, 0.5) is 4.39 Å². The third-order valence-corrected chi connectivity index (χ3v) is 5.73. The second-order valence-electron chi connectivity index (χ2n) is 9.00. The quantitative estimate of drug-likeness (QED) is 0.624. The molecule has 4 rings (SSSR count). The topological polar surface area (TPSA) is 68.7 Å². The number of rotatable bonds is 4. The van der Waals surface area contributed by atoms with Crippen LogP contribution in [0.1, 0.15) is 48.6 Å². The fourth-order valence-electron chi connectivity index (χ4n) is 3.83. The van der Waals surface area contributed by atoms with Crippen LogP contribution in [0.2, 0.25) is 0 Å². The summed E-state index contributed by atoms with van der Waals surface area (Å²) in [5.74, 6) is -0.319. The molecule has 2 heterocycles. The van der Waals surface area contributed by atoms with E-state index in [0.717, 1.165) is 22.3 Å².